The van der Waals surface area contributed by atoms with Gasteiger partial charge < -0.3 is 20.1 Å². The zero-order chi connectivity index (χ0) is 21.4. The summed E-state index contributed by atoms with van der Waals surface area (Å²) in [6.45, 7) is 1.89. The zero-order valence-electron chi connectivity index (χ0n) is 16.9. The van der Waals surface area contributed by atoms with Crippen molar-refractivity contribution in [1.29, 1.82) is 5.26 Å². The highest BCUT2D eigenvalue weighted by Crippen LogP contribution is 2.52. The van der Waals surface area contributed by atoms with Crippen LogP contribution < -0.4 is 15.4 Å². The number of rotatable bonds is 8. The van der Waals surface area contributed by atoms with E-state index in [1.807, 2.05) is 6.92 Å². The minimum Gasteiger partial charge on any atom is -0.484 e. The number of carbonyl (C=O) groups excluding carboxylic acids is 2. The third-order valence-corrected chi connectivity index (χ3v) is 6.76. The molecule has 0 spiro atoms. The Bertz CT molecular complexity index is 854. The molecule has 4 aliphatic carbocycles. The Labute approximate surface area is 181 Å². The van der Waals surface area contributed by atoms with Crippen LogP contribution >= 0.6 is 11.6 Å². The lowest BCUT2D eigenvalue weighted by atomic mass is 9.73. The van der Waals surface area contributed by atoms with Crippen molar-refractivity contribution < 1.29 is 19.1 Å². The number of amides is 2. The average Bonchev–Trinajstić information content (AvgIpc) is 3.17. The maximum absolute atomic E-state index is 12.3. The summed E-state index contributed by atoms with van der Waals surface area (Å²) < 4.78 is 11.2. The molecule has 2 bridgehead atoms. The molecule has 160 valence electrons. The third kappa shape index (κ3) is 4.55. The number of hydrogen-bond donors (Lipinski definition) is 2. The topological polar surface area (TPSA) is 100 Å². The van der Waals surface area contributed by atoms with E-state index in [0.717, 1.165) is 19.3 Å². The highest BCUT2D eigenvalue weighted by molar-refractivity contribution is 6.30. The summed E-state index contributed by atoms with van der Waals surface area (Å²) in [5.41, 5.74) is -0.612. The Morgan fingerprint density at radius 2 is 1.83 bits per heavy atom. The molecule has 30 heavy (non-hydrogen) atoms. The van der Waals surface area contributed by atoms with Crippen molar-refractivity contribution in [2.45, 2.75) is 56.2 Å². The van der Waals surface area contributed by atoms with Gasteiger partial charge in [0.05, 0.1) is 17.6 Å². The van der Waals surface area contributed by atoms with E-state index in [1.54, 1.807) is 24.3 Å². The van der Waals surface area contributed by atoms with Crippen LogP contribution in [0.3, 0.4) is 0 Å². The lowest BCUT2D eigenvalue weighted by molar-refractivity contribution is -0.143. The monoisotopic (exact) mass is 431 g/mol. The predicted octanol–water partition coefficient (Wildman–Crippen LogP) is 2.58. The summed E-state index contributed by atoms with van der Waals surface area (Å²) in [4.78, 5) is 24.6. The van der Waals surface area contributed by atoms with E-state index in [2.05, 4.69) is 16.7 Å². The molecule has 2 amide bonds. The molecular formula is C22H26ClN3O4. The summed E-state index contributed by atoms with van der Waals surface area (Å²) >= 11 is 5.84. The molecule has 8 heteroatoms. The molecule has 0 heterocycles. The first kappa shape index (κ1) is 21.0. The van der Waals surface area contributed by atoms with E-state index in [9.17, 15) is 9.59 Å². The van der Waals surface area contributed by atoms with Crippen molar-refractivity contribution in [1.82, 2.24) is 10.6 Å². The van der Waals surface area contributed by atoms with Gasteiger partial charge in [0.15, 0.2) is 6.61 Å². The Kier molecular flexibility index (Phi) is 5.65. The van der Waals surface area contributed by atoms with Crippen molar-refractivity contribution in [3.05, 3.63) is 29.3 Å². The molecule has 0 unspecified atom stereocenters. The summed E-state index contributed by atoms with van der Waals surface area (Å²) in [5, 5.41) is 15.6. The maximum atomic E-state index is 12.3. The summed E-state index contributed by atoms with van der Waals surface area (Å²) in [7, 11) is 0. The van der Waals surface area contributed by atoms with Crippen LogP contribution in [0.5, 0.6) is 5.75 Å². The minimum absolute atomic E-state index is 0.00611. The van der Waals surface area contributed by atoms with Gasteiger partial charge in [-0.3, -0.25) is 9.59 Å². The fourth-order valence-corrected chi connectivity index (χ4v) is 5.12. The summed E-state index contributed by atoms with van der Waals surface area (Å²) in [6, 6.07) is 9.15. The van der Waals surface area contributed by atoms with Gasteiger partial charge in [0.2, 0.25) is 5.91 Å². The molecule has 0 aliphatic heterocycles. The van der Waals surface area contributed by atoms with Crippen molar-refractivity contribution in [3.63, 3.8) is 0 Å². The van der Waals surface area contributed by atoms with Crippen molar-refractivity contribution >= 4 is 23.4 Å². The van der Waals surface area contributed by atoms with E-state index >= 15 is 0 Å². The highest BCUT2D eigenvalue weighted by Gasteiger charge is 2.57. The first-order valence-corrected chi connectivity index (χ1v) is 10.7. The first-order valence-electron chi connectivity index (χ1n) is 10.3. The standard InChI is InChI=1S/C22H26ClN3O4/c1-21(6-14(7-21)11-24)30-13-19(27)25-18-10-22(8-15(18)9-22)26-20(28)12-29-17-4-2-16(23)3-5-17/h2-5,14-15,18H,6-10,12-13H2,1H3,(H,25,27)(H,26,28)/t14?,15?,18-,21?,22?/m0/s1. The number of ether oxygens (including phenoxy) is 2. The number of fused-ring (bicyclic) bond motifs is 1. The van der Waals surface area contributed by atoms with Crippen LogP contribution in [0.1, 0.15) is 39.0 Å². The van der Waals surface area contributed by atoms with Crippen LogP contribution in [0.15, 0.2) is 24.3 Å². The normalized spacial score (nSPS) is 33.6. The van der Waals surface area contributed by atoms with Gasteiger partial charge in [-0.05, 0) is 69.2 Å². The molecule has 4 saturated carbocycles. The van der Waals surface area contributed by atoms with Crippen molar-refractivity contribution in [2.24, 2.45) is 11.8 Å². The van der Waals surface area contributed by atoms with Gasteiger partial charge in [0, 0.05) is 16.6 Å². The lowest BCUT2D eigenvalue weighted by Gasteiger charge is -2.41. The minimum atomic E-state index is -0.366. The molecule has 7 nitrogen and oxygen atoms in total. The molecule has 1 aromatic rings. The number of carbonyl (C=O) groups is 2. The quantitative estimate of drug-likeness (QED) is 0.658. The third-order valence-electron chi connectivity index (χ3n) is 6.51. The maximum Gasteiger partial charge on any atom is 0.258 e. The first-order chi connectivity index (χ1) is 14.3. The van der Waals surface area contributed by atoms with E-state index in [-0.39, 0.29) is 48.1 Å². The molecule has 0 aromatic heterocycles. The second kappa shape index (κ2) is 8.09. The number of hydrogen-bond acceptors (Lipinski definition) is 5. The molecule has 4 aliphatic rings. The van der Waals surface area contributed by atoms with E-state index < -0.39 is 0 Å². The van der Waals surface area contributed by atoms with E-state index in [1.165, 1.54) is 0 Å². The molecule has 4 fully saturated rings. The number of nitriles is 1. The summed E-state index contributed by atoms with van der Waals surface area (Å²) in [6.07, 6.45) is 3.82. The SMILES string of the molecule is CC1(OCC(=O)N[C@H]2CC3(NC(=O)COc4ccc(Cl)cc4)CC2C3)CC(C#N)C1. The molecule has 0 saturated heterocycles. The van der Waals surface area contributed by atoms with Crippen LogP contribution in [0, 0.1) is 23.2 Å². The number of nitrogens with one attached hydrogen (secondary N) is 2. The molecule has 0 radical (unpaired) electrons. The van der Waals surface area contributed by atoms with Gasteiger partial charge in [-0.1, -0.05) is 11.6 Å². The number of halogens is 1. The number of nitrogens with zero attached hydrogens (tertiary/aromatic N) is 1. The van der Waals surface area contributed by atoms with Gasteiger partial charge in [-0.25, -0.2) is 0 Å². The predicted molar refractivity (Wildman–Crippen MR) is 110 cm³/mol. The zero-order valence-corrected chi connectivity index (χ0v) is 17.7. The average molecular weight is 432 g/mol. The van der Waals surface area contributed by atoms with Crippen LogP contribution in [0.25, 0.3) is 0 Å². The lowest BCUT2D eigenvalue weighted by Crippen LogP contribution is -2.53. The Morgan fingerprint density at radius 1 is 1.13 bits per heavy atom. The van der Waals surface area contributed by atoms with Gasteiger partial charge >= 0.3 is 0 Å². The van der Waals surface area contributed by atoms with Crippen LogP contribution in [-0.2, 0) is 14.3 Å². The largest absolute Gasteiger partial charge is 0.484 e. The van der Waals surface area contributed by atoms with Gasteiger partial charge in [-0.15, -0.1) is 0 Å². The van der Waals surface area contributed by atoms with E-state index in [0.29, 0.717) is 29.5 Å². The second-order valence-electron chi connectivity index (χ2n) is 9.09. The molecule has 1 aromatic carbocycles. The molecular weight excluding hydrogens is 406 g/mol. The van der Waals surface area contributed by atoms with Crippen LogP contribution in [-0.4, -0.2) is 42.2 Å². The smallest absolute Gasteiger partial charge is 0.258 e. The van der Waals surface area contributed by atoms with Crippen molar-refractivity contribution in [3.8, 4) is 11.8 Å². The van der Waals surface area contributed by atoms with E-state index in [4.69, 9.17) is 26.3 Å². The van der Waals surface area contributed by atoms with Gasteiger partial charge in [0.25, 0.3) is 5.91 Å². The molecule has 5 rings (SSSR count). The molecule has 1 atom stereocenters. The van der Waals surface area contributed by atoms with Crippen LogP contribution in [0.2, 0.25) is 5.02 Å². The fraction of sp³-hybridized carbons (Fsp3) is 0.591. The Balaban J connectivity index is 1.17. The van der Waals surface area contributed by atoms with Crippen molar-refractivity contribution in [2.75, 3.05) is 13.2 Å². The Hall–Kier alpha value is -2.30. The second-order valence-corrected chi connectivity index (χ2v) is 9.53. The fourth-order valence-electron chi connectivity index (χ4n) is 5.00. The summed E-state index contributed by atoms with van der Waals surface area (Å²) in [5.74, 6) is 0.711. The highest BCUT2D eigenvalue weighted by atomic mass is 35.5. The van der Waals surface area contributed by atoms with Crippen LogP contribution in [0.4, 0.5) is 0 Å². The molecule has 2 N–H and O–H groups in total. The van der Waals surface area contributed by atoms with Gasteiger partial charge in [-0.2, -0.15) is 5.26 Å². The van der Waals surface area contributed by atoms with Gasteiger partial charge in [0.1, 0.15) is 12.4 Å². The number of benzene rings is 1. The Morgan fingerprint density at radius 3 is 2.50 bits per heavy atom.